The van der Waals surface area contributed by atoms with E-state index in [9.17, 15) is 13.2 Å². The fourth-order valence-electron chi connectivity index (χ4n) is 2.35. The van der Waals surface area contributed by atoms with Gasteiger partial charge in [-0.05, 0) is 49.4 Å². The number of nitrogens with one attached hydrogen (secondary N) is 2. The molecule has 0 radical (unpaired) electrons. The second kappa shape index (κ2) is 7.56. The summed E-state index contributed by atoms with van der Waals surface area (Å²) in [5, 5.41) is 2.80. The van der Waals surface area contributed by atoms with Gasteiger partial charge in [0, 0.05) is 18.7 Å². The van der Waals surface area contributed by atoms with Crippen LogP contribution >= 0.6 is 0 Å². The van der Waals surface area contributed by atoms with Gasteiger partial charge in [0.15, 0.2) is 0 Å². The van der Waals surface area contributed by atoms with Crippen molar-refractivity contribution in [2.45, 2.75) is 37.5 Å². The van der Waals surface area contributed by atoms with Gasteiger partial charge >= 0.3 is 0 Å². The van der Waals surface area contributed by atoms with E-state index in [2.05, 4.69) is 22.2 Å². The molecular weight excluding hydrogens is 300 g/mol. The molecule has 120 valence electrons. The Morgan fingerprint density at radius 3 is 2.59 bits per heavy atom. The van der Waals surface area contributed by atoms with E-state index in [0.717, 1.165) is 19.3 Å². The topological polar surface area (TPSA) is 75.3 Å². The zero-order chi connectivity index (χ0) is 16.0. The summed E-state index contributed by atoms with van der Waals surface area (Å²) >= 11 is 0. The molecule has 5 nitrogen and oxygen atoms in total. The highest BCUT2D eigenvalue weighted by atomic mass is 32.2. The number of benzene rings is 1. The molecular formula is C16H22N2O3S. The van der Waals surface area contributed by atoms with E-state index in [4.69, 9.17) is 0 Å². The Kier molecular flexibility index (Phi) is 5.74. The molecule has 0 fully saturated rings. The smallest absolute Gasteiger partial charge is 0.240 e. The Morgan fingerprint density at radius 1 is 1.27 bits per heavy atom. The fourth-order valence-corrected chi connectivity index (χ4v) is 3.49. The molecule has 2 rings (SSSR count). The zero-order valence-corrected chi connectivity index (χ0v) is 13.5. The molecule has 22 heavy (non-hydrogen) atoms. The molecule has 0 bridgehead atoms. The first-order valence-electron chi connectivity index (χ1n) is 7.57. The molecule has 2 N–H and O–H groups in total. The number of hydrogen-bond acceptors (Lipinski definition) is 3. The third-order valence-electron chi connectivity index (χ3n) is 3.55. The minimum Gasteiger partial charge on any atom is -0.326 e. The maximum absolute atomic E-state index is 11.9. The summed E-state index contributed by atoms with van der Waals surface area (Å²) in [5.41, 5.74) is 0.612. The van der Waals surface area contributed by atoms with Crippen LogP contribution in [0.4, 0.5) is 5.69 Å². The molecule has 1 aliphatic rings. The van der Waals surface area contributed by atoms with Crippen LogP contribution in [0.1, 0.15) is 32.6 Å². The number of hydrogen-bond donors (Lipinski definition) is 2. The van der Waals surface area contributed by atoms with Gasteiger partial charge in [-0.3, -0.25) is 4.79 Å². The van der Waals surface area contributed by atoms with Crippen LogP contribution in [0.25, 0.3) is 0 Å². The predicted octanol–water partition coefficient (Wildman–Crippen LogP) is 2.67. The summed E-state index contributed by atoms with van der Waals surface area (Å²) < 4.78 is 26.4. The summed E-state index contributed by atoms with van der Waals surface area (Å²) in [6.45, 7) is 2.32. The second-order valence-corrected chi connectivity index (χ2v) is 7.21. The molecule has 1 amide bonds. The van der Waals surface area contributed by atoms with Crippen LogP contribution < -0.4 is 10.0 Å². The number of anilines is 1. The first-order valence-corrected chi connectivity index (χ1v) is 9.06. The van der Waals surface area contributed by atoms with E-state index >= 15 is 0 Å². The van der Waals surface area contributed by atoms with Crippen molar-refractivity contribution in [2.75, 3.05) is 11.9 Å². The van der Waals surface area contributed by atoms with Crippen molar-refractivity contribution in [3.63, 3.8) is 0 Å². The van der Waals surface area contributed by atoms with Crippen molar-refractivity contribution in [1.82, 2.24) is 4.72 Å². The molecule has 0 saturated carbocycles. The summed E-state index contributed by atoms with van der Waals surface area (Å²) in [7, 11) is -3.46. The first-order chi connectivity index (χ1) is 10.5. The van der Waals surface area contributed by atoms with E-state index in [1.165, 1.54) is 12.1 Å². The van der Waals surface area contributed by atoms with E-state index in [0.29, 0.717) is 24.6 Å². The number of amides is 1. The predicted molar refractivity (Wildman–Crippen MR) is 87.0 cm³/mol. The lowest BCUT2D eigenvalue weighted by atomic mass is 10.1. The Balaban J connectivity index is 1.93. The number of carbonyl (C=O) groups is 1. The van der Waals surface area contributed by atoms with Crippen molar-refractivity contribution >= 4 is 21.6 Å². The lowest BCUT2D eigenvalue weighted by molar-refractivity contribution is -0.116. The summed E-state index contributed by atoms with van der Waals surface area (Å²) in [6, 6.07) is 6.23. The maximum Gasteiger partial charge on any atom is 0.240 e. The number of allylic oxidation sites excluding steroid dienone is 2. The number of sulfonamides is 1. The van der Waals surface area contributed by atoms with E-state index in [-0.39, 0.29) is 10.8 Å². The average molecular weight is 322 g/mol. The van der Waals surface area contributed by atoms with Gasteiger partial charge in [-0.25, -0.2) is 13.1 Å². The van der Waals surface area contributed by atoms with Crippen molar-refractivity contribution in [3.05, 3.63) is 36.4 Å². The van der Waals surface area contributed by atoms with Gasteiger partial charge in [-0.2, -0.15) is 0 Å². The zero-order valence-electron chi connectivity index (χ0n) is 12.7. The van der Waals surface area contributed by atoms with E-state index in [1.54, 1.807) is 12.1 Å². The molecule has 1 aromatic rings. The minimum absolute atomic E-state index is 0.0451. The van der Waals surface area contributed by atoms with Crippen LogP contribution in [-0.2, 0) is 14.8 Å². The second-order valence-electron chi connectivity index (χ2n) is 5.44. The normalized spacial score (nSPS) is 17.6. The molecule has 1 atom stereocenters. The lowest BCUT2D eigenvalue weighted by Gasteiger charge is -2.10. The quantitative estimate of drug-likeness (QED) is 0.758. The van der Waals surface area contributed by atoms with Crippen LogP contribution in [0.3, 0.4) is 0 Å². The molecule has 0 aromatic heterocycles. The van der Waals surface area contributed by atoms with Crippen LogP contribution in [-0.4, -0.2) is 20.9 Å². The monoisotopic (exact) mass is 322 g/mol. The van der Waals surface area contributed by atoms with Crippen molar-refractivity contribution in [1.29, 1.82) is 0 Å². The first kappa shape index (κ1) is 16.7. The highest BCUT2D eigenvalue weighted by Gasteiger charge is 2.15. The van der Waals surface area contributed by atoms with Gasteiger partial charge in [0.2, 0.25) is 15.9 Å². The van der Waals surface area contributed by atoms with Crippen LogP contribution in [0.2, 0.25) is 0 Å². The van der Waals surface area contributed by atoms with Gasteiger partial charge in [0.25, 0.3) is 0 Å². The van der Waals surface area contributed by atoms with Gasteiger partial charge in [0.1, 0.15) is 0 Å². The molecule has 0 aliphatic heterocycles. The Hall–Kier alpha value is -1.66. The average Bonchev–Trinajstić information content (AvgIpc) is 2.98. The maximum atomic E-state index is 11.9. The van der Waals surface area contributed by atoms with Gasteiger partial charge < -0.3 is 5.32 Å². The Bertz CT molecular complexity index is 636. The third kappa shape index (κ3) is 4.68. The van der Waals surface area contributed by atoms with Gasteiger partial charge in [-0.1, -0.05) is 19.1 Å². The molecule has 6 heteroatoms. The van der Waals surface area contributed by atoms with Gasteiger partial charge in [-0.15, -0.1) is 0 Å². The highest BCUT2D eigenvalue weighted by Crippen LogP contribution is 2.21. The molecule has 1 unspecified atom stereocenters. The van der Waals surface area contributed by atoms with E-state index in [1.807, 2.05) is 6.92 Å². The third-order valence-corrected chi connectivity index (χ3v) is 5.03. The Morgan fingerprint density at radius 2 is 2.00 bits per heavy atom. The molecule has 0 spiro atoms. The SMILES string of the molecule is CCCNS(=O)(=O)c1ccc(NC(=O)CC2C=CCC2)cc1. The van der Waals surface area contributed by atoms with Crippen LogP contribution in [0.5, 0.6) is 0 Å². The van der Waals surface area contributed by atoms with E-state index < -0.39 is 10.0 Å². The lowest BCUT2D eigenvalue weighted by Crippen LogP contribution is -2.24. The molecule has 1 aliphatic carbocycles. The molecule has 1 aromatic carbocycles. The summed E-state index contributed by atoms with van der Waals surface area (Å²) in [5.74, 6) is 0.272. The number of rotatable bonds is 7. The van der Waals surface area contributed by atoms with Crippen LogP contribution in [0.15, 0.2) is 41.3 Å². The van der Waals surface area contributed by atoms with Crippen molar-refractivity contribution in [3.8, 4) is 0 Å². The van der Waals surface area contributed by atoms with Crippen molar-refractivity contribution < 1.29 is 13.2 Å². The van der Waals surface area contributed by atoms with Crippen molar-refractivity contribution in [2.24, 2.45) is 5.92 Å². The van der Waals surface area contributed by atoms with Gasteiger partial charge in [0.05, 0.1) is 4.90 Å². The molecule has 0 saturated heterocycles. The Labute approximate surface area is 131 Å². The largest absolute Gasteiger partial charge is 0.326 e. The minimum atomic E-state index is -3.46. The summed E-state index contributed by atoms with van der Waals surface area (Å²) in [6.07, 6.45) is 7.44. The van der Waals surface area contributed by atoms with Crippen LogP contribution in [0, 0.1) is 5.92 Å². The summed E-state index contributed by atoms with van der Waals surface area (Å²) in [4.78, 5) is 12.1. The highest BCUT2D eigenvalue weighted by molar-refractivity contribution is 7.89. The molecule has 0 heterocycles. The fraction of sp³-hybridized carbons (Fsp3) is 0.438. The number of carbonyl (C=O) groups excluding carboxylic acids is 1. The standard InChI is InChI=1S/C16H22N2O3S/c1-2-11-17-22(20,21)15-9-7-14(8-10-15)18-16(19)12-13-5-3-4-6-13/h3,5,7-10,13,17H,2,4,6,11-12H2,1H3,(H,18,19).